The first kappa shape index (κ1) is 25.0. The van der Waals surface area contributed by atoms with Gasteiger partial charge in [-0.05, 0) is 50.8 Å². The molecule has 2 amide bonds. The maximum atomic E-state index is 13.1. The summed E-state index contributed by atoms with van der Waals surface area (Å²) in [6.45, 7) is 12.5. The molecule has 0 unspecified atom stereocenters. The molecule has 0 bridgehead atoms. The summed E-state index contributed by atoms with van der Waals surface area (Å²) in [5, 5.41) is 14.6. The molecule has 0 radical (unpaired) electrons. The fourth-order valence-electron chi connectivity index (χ4n) is 3.37. The topological polar surface area (TPSA) is 104 Å². The van der Waals surface area contributed by atoms with Crippen molar-refractivity contribution in [3.8, 4) is 17.4 Å². The van der Waals surface area contributed by atoms with Crippen molar-refractivity contribution in [2.24, 2.45) is 5.41 Å². The first-order valence-electron chi connectivity index (χ1n) is 10.3. The normalized spacial score (nSPS) is 12.6. The van der Waals surface area contributed by atoms with E-state index in [1.54, 1.807) is 46.1 Å². The summed E-state index contributed by atoms with van der Waals surface area (Å²) >= 11 is 0. The van der Waals surface area contributed by atoms with Crippen molar-refractivity contribution in [3.05, 3.63) is 42.1 Å². The summed E-state index contributed by atoms with van der Waals surface area (Å²) < 4.78 is 11.1. The molecule has 2 rings (SSSR count). The molecule has 0 fully saturated rings. The highest BCUT2D eigenvalue weighted by Gasteiger charge is 2.41. The highest BCUT2D eigenvalue weighted by atomic mass is 16.5. The maximum Gasteiger partial charge on any atom is 0.247 e. The largest absolute Gasteiger partial charge is 0.530 e. The number of amides is 2. The van der Waals surface area contributed by atoms with Crippen LogP contribution in [0.25, 0.3) is 0 Å². The minimum Gasteiger partial charge on any atom is -0.530 e. The van der Waals surface area contributed by atoms with Gasteiger partial charge in [-0.15, -0.1) is 0 Å². The minimum absolute atomic E-state index is 0.340. The van der Waals surface area contributed by atoms with E-state index in [0.717, 1.165) is 10.5 Å². The smallest absolute Gasteiger partial charge is 0.247 e. The lowest BCUT2D eigenvalue weighted by Gasteiger charge is -2.47. The third kappa shape index (κ3) is 6.12. The number of hydrogen-bond donors (Lipinski definition) is 1. The molecule has 1 aromatic carbocycles. The van der Waals surface area contributed by atoms with Crippen LogP contribution in [0.3, 0.4) is 0 Å². The zero-order valence-electron chi connectivity index (χ0n) is 20.0. The SMILES string of the molecule is COc1cc(Oc2ccc(NC(=O)[C@H](N(C(=O)[O-])C(C)(C)C)C(C)(C)C)cn2)ccc1C. The predicted molar refractivity (Wildman–Crippen MR) is 121 cm³/mol. The van der Waals surface area contributed by atoms with Gasteiger partial charge in [0.15, 0.2) is 0 Å². The molecule has 8 heteroatoms. The number of ether oxygens (including phenoxy) is 2. The molecule has 0 saturated heterocycles. The number of aromatic nitrogens is 1. The standard InChI is InChI=1S/C24H33N3O5/c1-15-9-11-17(13-18(15)31-8)32-19-12-10-16(14-25-19)26-21(28)20(23(2,3)4)27(22(29)30)24(5,6)7/h9-14,20H,1-8H3,(H,26,28)(H,29,30)/p-1/t20-/m0/s1. The van der Waals surface area contributed by atoms with Gasteiger partial charge >= 0.3 is 0 Å². The number of nitrogens with zero attached hydrogens (tertiary/aromatic N) is 2. The van der Waals surface area contributed by atoms with Gasteiger partial charge in [-0.3, -0.25) is 4.79 Å². The lowest BCUT2D eigenvalue weighted by molar-refractivity contribution is -0.275. The molecule has 0 spiro atoms. The van der Waals surface area contributed by atoms with Crippen LogP contribution in [0.4, 0.5) is 10.5 Å². The zero-order chi connectivity index (χ0) is 24.3. The van der Waals surface area contributed by atoms with Gasteiger partial charge in [-0.2, -0.15) is 0 Å². The molecular weight excluding hydrogens is 410 g/mol. The Hall–Kier alpha value is -3.29. The van der Waals surface area contributed by atoms with Crippen LogP contribution in [0.5, 0.6) is 17.4 Å². The summed E-state index contributed by atoms with van der Waals surface area (Å²) in [6, 6.07) is 7.75. The summed E-state index contributed by atoms with van der Waals surface area (Å²) in [5.74, 6) is 1.15. The number of carbonyl (C=O) groups is 2. The van der Waals surface area contributed by atoms with Gasteiger partial charge in [0.2, 0.25) is 11.8 Å². The van der Waals surface area contributed by atoms with Crippen molar-refractivity contribution in [2.75, 3.05) is 12.4 Å². The molecule has 174 valence electrons. The molecule has 0 aliphatic rings. The Morgan fingerprint density at radius 1 is 1.09 bits per heavy atom. The van der Waals surface area contributed by atoms with Crippen molar-refractivity contribution in [3.63, 3.8) is 0 Å². The second kappa shape index (κ2) is 9.46. The summed E-state index contributed by atoms with van der Waals surface area (Å²) in [6.07, 6.45) is 0.0571. The van der Waals surface area contributed by atoms with Crippen molar-refractivity contribution < 1.29 is 24.2 Å². The van der Waals surface area contributed by atoms with Crippen LogP contribution in [0.1, 0.15) is 47.1 Å². The lowest BCUT2D eigenvalue weighted by atomic mass is 9.83. The first-order valence-corrected chi connectivity index (χ1v) is 10.3. The third-order valence-corrected chi connectivity index (χ3v) is 4.85. The Balaban J connectivity index is 2.20. The number of nitrogens with one attached hydrogen (secondary N) is 1. The number of carboxylic acid groups (broad SMARTS) is 1. The van der Waals surface area contributed by atoms with Crippen molar-refractivity contribution in [2.45, 2.75) is 60.0 Å². The summed E-state index contributed by atoms with van der Waals surface area (Å²) in [4.78, 5) is 30.3. The third-order valence-electron chi connectivity index (χ3n) is 4.85. The van der Waals surface area contributed by atoms with Crippen molar-refractivity contribution in [1.29, 1.82) is 0 Å². The number of benzene rings is 1. The highest BCUT2D eigenvalue weighted by molar-refractivity contribution is 5.97. The second-order valence-electron chi connectivity index (χ2n) is 9.68. The second-order valence-corrected chi connectivity index (χ2v) is 9.68. The Kier molecular flexibility index (Phi) is 7.38. The fourth-order valence-corrected chi connectivity index (χ4v) is 3.37. The molecule has 8 nitrogen and oxygen atoms in total. The molecule has 0 aliphatic heterocycles. The predicted octanol–water partition coefficient (Wildman–Crippen LogP) is 3.99. The van der Waals surface area contributed by atoms with Crippen molar-refractivity contribution >= 4 is 17.7 Å². The van der Waals surface area contributed by atoms with Crippen LogP contribution in [-0.2, 0) is 4.79 Å². The van der Waals surface area contributed by atoms with Gasteiger partial charge in [-0.1, -0.05) is 26.8 Å². The molecule has 1 aromatic heterocycles. The minimum atomic E-state index is -1.40. The summed E-state index contributed by atoms with van der Waals surface area (Å²) in [5.41, 5.74) is -0.0807. The molecule has 32 heavy (non-hydrogen) atoms. The zero-order valence-corrected chi connectivity index (χ0v) is 20.0. The van der Waals surface area contributed by atoms with Crippen LogP contribution >= 0.6 is 0 Å². The number of pyridine rings is 1. The van der Waals surface area contributed by atoms with E-state index in [-0.39, 0.29) is 0 Å². The van der Waals surface area contributed by atoms with E-state index in [4.69, 9.17) is 9.47 Å². The van der Waals surface area contributed by atoms with E-state index in [1.807, 2.05) is 39.8 Å². The van der Waals surface area contributed by atoms with Crippen LogP contribution in [0, 0.1) is 12.3 Å². The van der Waals surface area contributed by atoms with Gasteiger partial charge in [0.25, 0.3) is 0 Å². The van der Waals surface area contributed by atoms with Gasteiger partial charge < -0.3 is 29.6 Å². The molecule has 1 atom stereocenters. The van der Waals surface area contributed by atoms with Crippen LogP contribution < -0.4 is 19.9 Å². The average Bonchev–Trinajstić information content (AvgIpc) is 2.66. The first-order chi connectivity index (χ1) is 14.7. The number of carbonyl (C=O) groups excluding carboxylic acids is 2. The number of methoxy groups -OCH3 is 1. The van der Waals surface area contributed by atoms with Crippen LogP contribution in [0.2, 0.25) is 0 Å². The number of rotatable bonds is 6. The monoisotopic (exact) mass is 442 g/mol. The van der Waals surface area contributed by atoms with E-state index in [2.05, 4.69) is 10.3 Å². The lowest BCUT2D eigenvalue weighted by Crippen LogP contribution is -2.63. The molecule has 0 saturated carbocycles. The Morgan fingerprint density at radius 3 is 2.22 bits per heavy atom. The van der Waals surface area contributed by atoms with E-state index < -0.39 is 29.0 Å². The summed E-state index contributed by atoms with van der Waals surface area (Å²) in [7, 11) is 1.59. The molecule has 1 heterocycles. The van der Waals surface area contributed by atoms with Crippen molar-refractivity contribution in [1.82, 2.24) is 9.88 Å². The van der Waals surface area contributed by atoms with E-state index >= 15 is 0 Å². The molecule has 0 aliphatic carbocycles. The quantitative estimate of drug-likeness (QED) is 0.725. The Bertz CT molecular complexity index is 959. The Labute approximate surface area is 189 Å². The number of hydrogen-bond acceptors (Lipinski definition) is 6. The Morgan fingerprint density at radius 2 is 1.75 bits per heavy atom. The van der Waals surface area contributed by atoms with Crippen LogP contribution in [-0.4, -0.2) is 40.6 Å². The van der Waals surface area contributed by atoms with Gasteiger partial charge in [0.05, 0.1) is 19.0 Å². The fraction of sp³-hybridized carbons (Fsp3) is 0.458. The van der Waals surface area contributed by atoms with E-state index in [1.165, 1.54) is 6.20 Å². The van der Waals surface area contributed by atoms with Gasteiger partial charge in [0.1, 0.15) is 23.6 Å². The number of anilines is 1. The number of aryl methyl sites for hydroxylation is 1. The van der Waals surface area contributed by atoms with Crippen LogP contribution in [0.15, 0.2) is 36.5 Å². The maximum absolute atomic E-state index is 13.1. The highest BCUT2D eigenvalue weighted by Crippen LogP contribution is 2.31. The molecular formula is C24H32N3O5-. The molecule has 1 N–H and O–H groups in total. The average molecular weight is 443 g/mol. The van der Waals surface area contributed by atoms with E-state index in [0.29, 0.717) is 23.1 Å². The van der Waals surface area contributed by atoms with Gasteiger partial charge in [0, 0.05) is 17.7 Å². The van der Waals surface area contributed by atoms with Gasteiger partial charge in [-0.25, -0.2) is 4.98 Å². The molecule has 2 aromatic rings. The van der Waals surface area contributed by atoms with E-state index in [9.17, 15) is 14.7 Å².